The van der Waals surface area contributed by atoms with Gasteiger partial charge in [0, 0.05) is 29.4 Å². The summed E-state index contributed by atoms with van der Waals surface area (Å²) in [6, 6.07) is 5.99. The number of alkyl halides is 5. The van der Waals surface area contributed by atoms with Crippen LogP contribution < -0.4 is 0 Å². The summed E-state index contributed by atoms with van der Waals surface area (Å²) in [6.45, 7) is 0.187. The van der Waals surface area contributed by atoms with Gasteiger partial charge in [-0.2, -0.15) is 22.0 Å². The van der Waals surface area contributed by atoms with E-state index in [1.54, 1.807) is 12.1 Å². The number of aromatic nitrogens is 3. The molecule has 3 aromatic rings. The Morgan fingerprint density at radius 1 is 1.12 bits per heavy atom. The molecule has 2 aromatic heterocycles. The lowest BCUT2D eigenvalue weighted by Crippen LogP contribution is -2.41. The van der Waals surface area contributed by atoms with Crippen LogP contribution in [0.2, 0.25) is 0 Å². The smallest absolute Gasteiger partial charge is 0.415 e. The van der Waals surface area contributed by atoms with Crippen LogP contribution in [0.5, 0.6) is 0 Å². The lowest BCUT2D eigenvalue weighted by molar-refractivity contribution is -0.141. The molecule has 0 saturated heterocycles. The summed E-state index contributed by atoms with van der Waals surface area (Å²) in [7, 11) is 0. The van der Waals surface area contributed by atoms with Crippen LogP contribution >= 0.6 is 0 Å². The van der Waals surface area contributed by atoms with Crippen molar-refractivity contribution in [2.24, 2.45) is 5.92 Å². The van der Waals surface area contributed by atoms with Crippen molar-refractivity contribution in [3.8, 4) is 11.5 Å². The maximum Gasteiger partial charge on any atom is 0.433 e. The van der Waals surface area contributed by atoms with Gasteiger partial charge < -0.3 is 14.4 Å². The Bertz CT molecular complexity index is 1220. The van der Waals surface area contributed by atoms with Crippen LogP contribution in [-0.2, 0) is 12.7 Å². The lowest BCUT2D eigenvalue weighted by Gasteiger charge is -2.32. The van der Waals surface area contributed by atoms with Gasteiger partial charge in [-0.3, -0.25) is 9.78 Å². The number of benzene rings is 1. The number of amides is 1. The molecule has 0 bridgehead atoms. The SMILES string of the molecule is O=C1c2cc(-c3nnc(C(F)F)o3)ccc2CN1C(C1CC1)C(O)c1ccc(C(F)(F)F)nc1. The minimum atomic E-state index is -4.60. The molecule has 1 N–H and O–H groups in total. The molecule has 1 aliphatic heterocycles. The van der Waals surface area contributed by atoms with Crippen LogP contribution in [0, 0.1) is 5.92 Å². The number of aliphatic hydroxyl groups is 1. The number of aliphatic hydroxyl groups excluding tert-OH is 1. The molecular formula is C22H17F5N4O3. The Labute approximate surface area is 189 Å². The molecule has 3 heterocycles. The zero-order valence-electron chi connectivity index (χ0n) is 17.3. The molecule has 12 heteroatoms. The number of halogens is 5. The van der Waals surface area contributed by atoms with E-state index in [1.165, 1.54) is 11.0 Å². The summed E-state index contributed by atoms with van der Waals surface area (Å²) in [6.07, 6.45) is -6.25. The monoisotopic (exact) mass is 480 g/mol. The van der Waals surface area contributed by atoms with Crippen LogP contribution in [0.1, 0.15) is 58.4 Å². The first-order valence-corrected chi connectivity index (χ1v) is 10.4. The van der Waals surface area contributed by atoms with E-state index in [0.29, 0.717) is 16.7 Å². The van der Waals surface area contributed by atoms with Crippen LogP contribution in [-0.4, -0.2) is 37.1 Å². The minimum absolute atomic E-state index is 0.0143. The molecule has 1 aromatic carbocycles. The van der Waals surface area contributed by atoms with Crippen molar-refractivity contribution in [2.75, 3.05) is 0 Å². The number of hydrogen-bond donors (Lipinski definition) is 1. The van der Waals surface area contributed by atoms with Gasteiger partial charge in [0.1, 0.15) is 11.8 Å². The first-order valence-electron chi connectivity index (χ1n) is 10.4. The van der Waals surface area contributed by atoms with E-state index in [1.807, 2.05) is 0 Å². The standard InChI is InChI=1S/C22H17F5N4O3/c23-18(24)20-30-29-19(34-20)11-3-4-13-9-31(21(33)14(13)7-11)16(10-1-2-10)17(32)12-5-6-15(28-8-12)22(25,26)27/h3-8,10,16-18,32H,1-2,9H2. The van der Waals surface area contributed by atoms with E-state index >= 15 is 0 Å². The van der Waals surface area contributed by atoms with Gasteiger partial charge in [-0.15, -0.1) is 10.2 Å². The minimum Gasteiger partial charge on any atom is -0.415 e. The number of fused-ring (bicyclic) bond motifs is 1. The van der Waals surface area contributed by atoms with Crippen LogP contribution in [0.25, 0.3) is 11.5 Å². The highest BCUT2D eigenvalue weighted by atomic mass is 19.4. The Morgan fingerprint density at radius 2 is 1.88 bits per heavy atom. The normalized spacial score (nSPS) is 17.9. The zero-order valence-corrected chi connectivity index (χ0v) is 17.3. The second-order valence-corrected chi connectivity index (χ2v) is 8.30. The van der Waals surface area contributed by atoms with E-state index in [9.17, 15) is 31.9 Å². The van der Waals surface area contributed by atoms with E-state index < -0.39 is 36.3 Å². The van der Waals surface area contributed by atoms with Crippen molar-refractivity contribution < 1.29 is 36.3 Å². The molecule has 1 saturated carbocycles. The van der Waals surface area contributed by atoms with E-state index in [2.05, 4.69) is 15.2 Å². The maximum absolute atomic E-state index is 13.3. The number of pyridine rings is 1. The summed E-state index contributed by atoms with van der Waals surface area (Å²) >= 11 is 0. The van der Waals surface area contributed by atoms with Crippen LogP contribution in [0.15, 0.2) is 40.9 Å². The highest BCUT2D eigenvalue weighted by Crippen LogP contribution is 2.44. The molecule has 2 unspecified atom stereocenters. The van der Waals surface area contributed by atoms with Gasteiger partial charge in [-0.05, 0) is 42.5 Å². The molecule has 178 valence electrons. The predicted octanol–water partition coefficient (Wildman–Crippen LogP) is 4.56. The van der Waals surface area contributed by atoms with E-state index in [4.69, 9.17) is 4.42 Å². The largest absolute Gasteiger partial charge is 0.433 e. The molecule has 1 aliphatic carbocycles. The molecule has 5 rings (SSSR count). The average molecular weight is 480 g/mol. The third kappa shape index (κ3) is 4.02. The summed E-state index contributed by atoms with van der Waals surface area (Å²) in [4.78, 5) is 18.2. The first-order chi connectivity index (χ1) is 16.1. The number of hydrogen-bond acceptors (Lipinski definition) is 6. The van der Waals surface area contributed by atoms with Crippen LogP contribution in [0.3, 0.4) is 0 Å². The Balaban J connectivity index is 1.40. The zero-order chi connectivity index (χ0) is 24.2. The van der Waals surface area contributed by atoms with Crippen molar-refractivity contribution in [3.63, 3.8) is 0 Å². The van der Waals surface area contributed by atoms with Crippen LogP contribution in [0.4, 0.5) is 22.0 Å². The number of carbonyl (C=O) groups excluding carboxylic acids is 1. The van der Waals surface area contributed by atoms with Crippen molar-refractivity contribution in [2.45, 2.75) is 44.1 Å². The van der Waals surface area contributed by atoms with Gasteiger partial charge in [0.25, 0.3) is 11.8 Å². The van der Waals surface area contributed by atoms with Gasteiger partial charge in [-0.25, -0.2) is 0 Å². The van der Waals surface area contributed by atoms with Crippen molar-refractivity contribution in [1.82, 2.24) is 20.1 Å². The number of rotatable bonds is 6. The molecule has 1 fully saturated rings. The average Bonchev–Trinajstić information content (AvgIpc) is 3.41. The van der Waals surface area contributed by atoms with Gasteiger partial charge in [-0.1, -0.05) is 12.1 Å². The summed E-state index contributed by atoms with van der Waals surface area (Å²) < 4.78 is 69.0. The van der Waals surface area contributed by atoms with Gasteiger partial charge in [0.05, 0.1) is 6.04 Å². The fourth-order valence-electron chi connectivity index (χ4n) is 4.20. The summed E-state index contributed by atoms with van der Waals surface area (Å²) in [5.74, 6) is -1.38. The number of nitrogens with zero attached hydrogens (tertiary/aromatic N) is 4. The van der Waals surface area contributed by atoms with Crippen molar-refractivity contribution >= 4 is 5.91 Å². The van der Waals surface area contributed by atoms with Crippen molar-refractivity contribution in [3.05, 3.63) is 64.8 Å². The van der Waals surface area contributed by atoms with Gasteiger partial charge in [0.15, 0.2) is 0 Å². The van der Waals surface area contributed by atoms with E-state index in [-0.39, 0.29) is 29.8 Å². The topological polar surface area (TPSA) is 92.4 Å². The fourth-order valence-corrected chi connectivity index (χ4v) is 4.20. The highest BCUT2D eigenvalue weighted by molar-refractivity contribution is 5.99. The first kappa shape index (κ1) is 22.4. The Kier molecular flexibility index (Phi) is 5.34. The molecule has 2 aliphatic rings. The summed E-state index contributed by atoms with van der Waals surface area (Å²) in [5, 5.41) is 17.9. The molecular weight excluding hydrogens is 463 g/mol. The molecule has 2 atom stereocenters. The second kappa shape index (κ2) is 8.12. The molecule has 7 nitrogen and oxygen atoms in total. The van der Waals surface area contributed by atoms with Crippen molar-refractivity contribution in [1.29, 1.82) is 0 Å². The molecule has 0 radical (unpaired) electrons. The fraction of sp³-hybridized carbons (Fsp3) is 0.364. The third-order valence-corrected chi connectivity index (χ3v) is 6.02. The summed E-state index contributed by atoms with van der Waals surface area (Å²) in [5.41, 5.74) is 0.367. The number of carbonyl (C=O) groups is 1. The van der Waals surface area contributed by atoms with Gasteiger partial charge in [0.2, 0.25) is 5.89 Å². The van der Waals surface area contributed by atoms with E-state index in [0.717, 1.165) is 31.2 Å². The third-order valence-electron chi connectivity index (χ3n) is 6.02. The highest BCUT2D eigenvalue weighted by Gasteiger charge is 2.45. The Morgan fingerprint density at radius 3 is 2.47 bits per heavy atom. The maximum atomic E-state index is 13.3. The molecule has 34 heavy (non-hydrogen) atoms. The quantitative estimate of drug-likeness (QED) is 0.521. The van der Waals surface area contributed by atoms with Gasteiger partial charge >= 0.3 is 12.6 Å². The molecule has 0 spiro atoms. The second-order valence-electron chi connectivity index (χ2n) is 8.30. The Hall–Kier alpha value is -3.41. The molecule has 1 amide bonds. The lowest BCUT2D eigenvalue weighted by atomic mass is 9.98. The predicted molar refractivity (Wildman–Crippen MR) is 105 cm³/mol.